The zero-order chi connectivity index (χ0) is 20.6. The maximum Gasteiger partial charge on any atom is 0.272 e. The third-order valence-electron chi connectivity index (χ3n) is 4.34. The molecule has 4 aromatic rings. The van der Waals surface area contributed by atoms with Crippen LogP contribution in [0.2, 0.25) is 0 Å². The normalized spacial score (nSPS) is 11.5. The first-order chi connectivity index (χ1) is 13.8. The zero-order valence-electron chi connectivity index (χ0n) is 15.1. The van der Waals surface area contributed by atoms with Gasteiger partial charge in [-0.15, -0.1) is 11.3 Å². The van der Waals surface area contributed by atoms with Gasteiger partial charge in [-0.05, 0) is 42.5 Å². The average molecular weight is 430 g/mol. The van der Waals surface area contributed by atoms with Crippen molar-refractivity contribution in [3.63, 3.8) is 0 Å². The van der Waals surface area contributed by atoms with Crippen LogP contribution in [0.1, 0.15) is 10.5 Å². The van der Waals surface area contributed by atoms with Gasteiger partial charge in [0.15, 0.2) is 5.13 Å². The lowest BCUT2D eigenvalue weighted by molar-refractivity contribution is 0.101. The van der Waals surface area contributed by atoms with E-state index >= 15 is 0 Å². The number of benzene rings is 2. The van der Waals surface area contributed by atoms with Crippen molar-refractivity contribution >= 4 is 49.0 Å². The predicted molar refractivity (Wildman–Crippen MR) is 110 cm³/mol. The number of anilines is 2. The Morgan fingerprint density at radius 2 is 1.93 bits per heavy atom. The quantitative estimate of drug-likeness (QED) is 0.503. The van der Waals surface area contributed by atoms with E-state index in [4.69, 9.17) is 0 Å². The van der Waals surface area contributed by atoms with Crippen molar-refractivity contribution in [3.8, 4) is 0 Å². The highest BCUT2D eigenvalue weighted by molar-refractivity contribution is 7.93. The molecule has 0 aliphatic heterocycles. The molecule has 2 aromatic heterocycles. The zero-order valence-corrected chi connectivity index (χ0v) is 16.7. The largest absolute Gasteiger partial charge is 0.340 e. The number of fused-ring (bicyclic) bond motifs is 1. The van der Waals surface area contributed by atoms with E-state index in [0.29, 0.717) is 16.6 Å². The Labute approximate surface area is 169 Å². The van der Waals surface area contributed by atoms with Gasteiger partial charge in [-0.25, -0.2) is 17.8 Å². The number of nitrogens with zero attached hydrogens (tertiary/aromatic N) is 2. The Morgan fingerprint density at radius 1 is 1.17 bits per heavy atom. The molecule has 0 saturated heterocycles. The van der Waals surface area contributed by atoms with Crippen LogP contribution in [0.3, 0.4) is 0 Å². The van der Waals surface area contributed by atoms with Crippen LogP contribution in [0.15, 0.2) is 65.0 Å². The van der Waals surface area contributed by atoms with E-state index in [0.717, 1.165) is 0 Å². The molecule has 2 N–H and O–H groups in total. The fourth-order valence-corrected chi connectivity index (χ4v) is 4.69. The minimum Gasteiger partial charge on any atom is -0.340 e. The molecule has 0 radical (unpaired) electrons. The molecule has 0 unspecified atom stereocenters. The van der Waals surface area contributed by atoms with Crippen molar-refractivity contribution in [2.24, 2.45) is 7.05 Å². The van der Waals surface area contributed by atoms with Gasteiger partial charge in [0.1, 0.15) is 11.5 Å². The Morgan fingerprint density at radius 3 is 2.59 bits per heavy atom. The molecule has 0 atom stereocenters. The van der Waals surface area contributed by atoms with Crippen LogP contribution in [0, 0.1) is 5.82 Å². The number of sulfonamides is 1. The Balaban J connectivity index is 1.54. The Bertz CT molecular complexity index is 1300. The number of rotatable bonds is 5. The number of hydrogen-bond acceptors (Lipinski definition) is 5. The number of hydrogen-bond donors (Lipinski definition) is 2. The molecule has 1 amide bonds. The standard InChI is InChI=1S/C19H15FN4O3S2/c1-24-16-4-2-3-15(20)14(16)11-17(24)18(25)22-12-5-7-13(8-6-12)29(26,27)23-19-21-9-10-28-19/h2-11H,1H3,(H,21,23)(H,22,25). The number of nitrogens with one attached hydrogen (secondary N) is 2. The van der Waals surface area contributed by atoms with Gasteiger partial charge < -0.3 is 9.88 Å². The third kappa shape index (κ3) is 3.71. The van der Waals surface area contributed by atoms with Crippen molar-refractivity contribution < 1.29 is 17.6 Å². The molecule has 0 saturated carbocycles. The maximum absolute atomic E-state index is 13.9. The van der Waals surface area contributed by atoms with Gasteiger partial charge in [0.2, 0.25) is 0 Å². The second kappa shape index (κ2) is 7.30. The maximum atomic E-state index is 13.9. The first kappa shape index (κ1) is 19.1. The summed E-state index contributed by atoms with van der Waals surface area (Å²) < 4.78 is 42.7. The summed E-state index contributed by atoms with van der Waals surface area (Å²) in [6.45, 7) is 0. The smallest absolute Gasteiger partial charge is 0.272 e. The average Bonchev–Trinajstić information content (AvgIpc) is 3.31. The highest BCUT2D eigenvalue weighted by Crippen LogP contribution is 2.23. The van der Waals surface area contributed by atoms with Crippen LogP contribution in [0.25, 0.3) is 10.9 Å². The summed E-state index contributed by atoms with van der Waals surface area (Å²) in [5.41, 5.74) is 1.30. The van der Waals surface area contributed by atoms with E-state index in [-0.39, 0.29) is 15.7 Å². The summed E-state index contributed by atoms with van der Waals surface area (Å²) in [6, 6.07) is 11.9. The number of aryl methyl sites for hydroxylation is 1. The van der Waals surface area contributed by atoms with E-state index in [1.807, 2.05) is 0 Å². The van der Waals surface area contributed by atoms with Gasteiger partial charge in [-0.2, -0.15) is 0 Å². The first-order valence-corrected chi connectivity index (χ1v) is 10.8. The molecule has 29 heavy (non-hydrogen) atoms. The highest BCUT2D eigenvalue weighted by Gasteiger charge is 2.17. The fourth-order valence-electron chi connectivity index (χ4n) is 2.90. The van der Waals surface area contributed by atoms with Crippen molar-refractivity contribution in [3.05, 3.63) is 71.6 Å². The van der Waals surface area contributed by atoms with E-state index in [9.17, 15) is 17.6 Å². The molecular formula is C19H15FN4O3S2. The fraction of sp³-hybridized carbons (Fsp3) is 0.0526. The molecule has 0 fully saturated rings. The van der Waals surface area contributed by atoms with Crippen LogP contribution >= 0.6 is 11.3 Å². The molecular weight excluding hydrogens is 415 g/mol. The van der Waals surface area contributed by atoms with Gasteiger partial charge in [-0.1, -0.05) is 6.07 Å². The van der Waals surface area contributed by atoms with Gasteiger partial charge in [0, 0.05) is 29.7 Å². The molecule has 0 spiro atoms. The molecule has 0 bridgehead atoms. The van der Waals surface area contributed by atoms with E-state index in [1.54, 1.807) is 29.1 Å². The van der Waals surface area contributed by atoms with E-state index in [2.05, 4.69) is 15.0 Å². The van der Waals surface area contributed by atoms with Crippen LogP contribution in [0.5, 0.6) is 0 Å². The molecule has 10 heteroatoms. The first-order valence-electron chi connectivity index (χ1n) is 8.43. The number of carbonyl (C=O) groups is 1. The number of aromatic nitrogens is 2. The van der Waals surface area contributed by atoms with Crippen molar-refractivity contribution in [2.75, 3.05) is 10.0 Å². The van der Waals surface area contributed by atoms with Crippen molar-refractivity contribution in [1.82, 2.24) is 9.55 Å². The number of thiazole rings is 1. The van der Waals surface area contributed by atoms with E-state index in [1.165, 1.54) is 53.9 Å². The van der Waals surface area contributed by atoms with Crippen LogP contribution in [-0.2, 0) is 17.1 Å². The second-order valence-electron chi connectivity index (χ2n) is 6.18. The lowest BCUT2D eigenvalue weighted by atomic mass is 10.2. The van der Waals surface area contributed by atoms with Gasteiger partial charge in [0.25, 0.3) is 15.9 Å². The van der Waals surface area contributed by atoms with Crippen molar-refractivity contribution in [2.45, 2.75) is 4.90 Å². The highest BCUT2D eigenvalue weighted by atomic mass is 32.2. The number of carbonyl (C=O) groups excluding carboxylic acids is 1. The number of halogens is 1. The molecule has 2 aromatic carbocycles. The SMILES string of the molecule is Cn1c(C(=O)Nc2ccc(S(=O)(=O)Nc3nccs3)cc2)cc2c(F)cccc21. The minimum atomic E-state index is -3.77. The molecule has 148 valence electrons. The molecule has 0 aliphatic rings. The monoisotopic (exact) mass is 430 g/mol. The topological polar surface area (TPSA) is 93.1 Å². The van der Waals surface area contributed by atoms with Gasteiger partial charge in [-0.3, -0.25) is 9.52 Å². The van der Waals surface area contributed by atoms with Crippen LogP contribution in [0.4, 0.5) is 15.2 Å². The minimum absolute atomic E-state index is 0.0392. The summed E-state index contributed by atoms with van der Waals surface area (Å²) in [5.74, 6) is -0.834. The molecule has 0 aliphatic carbocycles. The predicted octanol–water partition coefficient (Wildman–Crippen LogP) is 3.83. The molecule has 4 rings (SSSR count). The summed E-state index contributed by atoms with van der Waals surface area (Å²) in [5, 5.41) is 4.98. The molecule has 7 nitrogen and oxygen atoms in total. The number of amides is 1. The summed E-state index contributed by atoms with van der Waals surface area (Å²) in [4.78, 5) is 16.5. The lowest BCUT2D eigenvalue weighted by Crippen LogP contribution is -2.16. The van der Waals surface area contributed by atoms with E-state index < -0.39 is 21.7 Å². The Kier molecular flexibility index (Phi) is 4.81. The summed E-state index contributed by atoms with van der Waals surface area (Å²) >= 11 is 1.17. The lowest BCUT2D eigenvalue weighted by Gasteiger charge is -2.08. The molecule has 2 heterocycles. The van der Waals surface area contributed by atoms with Crippen molar-refractivity contribution in [1.29, 1.82) is 0 Å². The van der Waals surface area contributed by atoms with Crippen LogP contribution < -0.4 is 10.0 Å². The summed E-state index contributed by atoms with van der Waals surface area (Å²) in [7, 11) is -2.09. The summed E-state index contributed by atoms with van der Waals surface area (Å²) in [6.07, 6.45) is 1.50. The van der Waals surface area contributed by atoms with Gasteiger partial charge in [0.05, 0.1) is 10.4 Å². The van der Waals surface area contributed by atoms with Gasteiger partial charge >= 0.3 is 0 Å². The second-order valence-corrected chi connectivity index (χ2v) is 8.76. The van der Waals surface area contributed by atoms with Crippen LogP contribution in [-0.4, -0.2) is 23.9 Å². The third-order valence-corrected chi connectivity index (χ3v) is 6.52. The Hall–Kier alpha value is -3.24.